The second kappa shape index (κ2) is 4.58. The number of nitrogens with zero attached hydrogens (tertiary/aromatic N) is 3. The summed E-state index contributed by atoms with van der Waals surface area (Å²) in [6.45, 7) is 8.82. The van der Waals surface area contributed by atoms with Crippen molar-refractivity contribution >= 4 is 17.4 Å². The molecule has 1 aromatic rings. The summed E-state index contributed by atoms with van der Waals surface area (Å²) in [5, 5.41) is 0.597. The Labute approximate surface area is 102 Å². The van der Waals surface area contributed by atoms with E-state index in [0.29, 0.717) is 5.15 Å². The quantitative estimate of drug-likeness (QED) is 0.744. The first-order chi connectivity index (χ1) is 7.63. The Morgan fingerprint density at radius 3 is 2.50 bits per heavy atom. The molecule has 0 N–H and O–H groups in total. The molecule has 0 aromatic carbocycles. The van der Waals surface area contributed by atoms with Gasteiger partial charge in [0, 0.05) is 18.7 Å². The molecule has 1 fully saturated rings. The first-order valence-electron chi connectivity index (χ1n) is 5.87. The number of hydrogen-bond acceptors (Lipinski definition) is 3. The summed E-state index contributed by atoms with van der Waals surface area (Å²) >= 11 is 6.10. The zero-order valence-corrected chi connectivity index (χ0v) is 10.8. The molecule has 1 saturated heterocycles. The van der Waals surface area contributed by atoms with E-state index in [2.05, 4.69) is 35.6 Å². The highest BCUT2D eigenvalue weighted by molar-refractivity contribution is 6.30. The third kappa shape index (κ3) is 2.01. The lowest BCUT2D eigenvalue weighted by Gasteiger charge is -2.20. The van der Waals surface area contributed by atoms with E-state index >= 15 is 0 Å². The van der Waals surface area contributed by atoms with Crippen LogP contribution in [0.2, 0.25) is 5.15 Å². The molecule has 0 saturated carbocycles. The van der Waals surface area contributed by atoms with Gasteiger partial charge in [0.15, 0.2) is 0 Å². The number of hydrogen-bond donors (Lipinski definition) is 0. The second-order valence-corrected chi connectivity index (χ2v) is 5.04. The normalized spacial score (nSPS) is 25.1. The third-order valence-corrected chi connectivity index (χ3v) is 3.84. The van der Waals surface area contributed by atoms with Gasteiger partial charge in [0.25, 0.3) is 0 Å². The summed E-state index contributed by atoms with van der Waals surface area (Å²) in [6.07, 6.45) is 2.44. The summed E-state index contributed by atoms with van der Waals surface area (Å²) in [6, 6.07) is 0. The molecule has 0 bridgehead atoms. The molecule has 2 atom stereocenters. The maximum Gasteiger partial charge on any atom is 0.137 e. The summed E-state index contributed by atoms with van der Waals surface area (Å²) in [5.41, 5.74) is 1.07. The monoisotopic (exact) mass is 239 g/mol. The van der Waals surface area contributed by atoms with E-state index in [1.54, 1.807) is 6.33 Å². The van der Waals surface area contributed by atoms with E-state index in [1.165, 1.54) is 0 Å². The van der Waals surface area contributed by atoms with Gasteiger partial charge in [0.2, 0.25) is 0 Å². The van der Waals surface area contributed by atoms with Gasteiger partial charge < -0.3 is 4.90 Å². The molecular formula is C12H18ClN3. The van der Waals surface area contributed by atoms with Gasteiger partial charge in [-0.05, 0) is 18.3 Å². The molecule has 1 aromatic heterocycles. The van der Waals surface area contributed by atoms with Gasteiger partial charge in [-0.25, -0.2) is 9.97 Å². The minimum atomic E-state index is 0.597. The maximum absolute atomic E-state index is 6.10. The van der Waals surface area contributed by atoms with Crippen molar-refractivity contribution in [1.82, 2.24) is 9.97 Å². The Balaban J connectivity index is 2.31. The van der Waals surface area contributed by atoms with E-state index in [4.69, 9.17) is 11.6 Å². The lowest BCUT2D eigenvalue weighted by atomic mass is 10.0. The van der Waals surface area contributed by atoms with E-state index in [0.717, 1.165) is 42.7 Å². The molecule has 2 heterocycles. The van der Waals surface area contributed by atoms with Gasteiger partial charge in [-0.2, -0.15) is 0 Å². The van der Waals surface area contributed by atoms with Crippen molar-refractivity contribution in [2.45, 2.75) is 27.2 Å². The van der Waals surface area contributed by atoms with Crippen LogP contribution in [0.5, 0.6) is 0 Å². The molecule has 4 heteroatoms. The summed E-state index contributed by atoms with van der Waals surface area (Å²) < 4.78 is 0. The van der Waals surface area contributed by atoms with Crippen molar-refractivity contribution < 1.29 is 0 Å². The topological polar surface area (TPSA) is 29.0 Å². The number of aromatic nitrogens is 2. The van der Waals surface area contributed by atoms with Crippen molar-refractivity contribution in [3.05, 3.63) is 17.0 Å². The molecule has 1 aliphatic heterocycles. The standard InChI is InChI=1S/C12H18ClN3/c1-4-10-11(13)14-7-15-12(10)16-5-8(2)9(3)6-16/h7-9H,4-6H2,1-3H3. The van der Waals surface area contributed by atoms with Crippen molar-refractivity contribution in [2.75, 3.05) is 18.0 Å². The minimum Gasteiger partial charge on any atom is -0.356 e. The van der Waals surface area contributed by atoms with Gasteiger partial charge in [-0.15, -0.1) is 0 Å². The molecule has 2 unspecified atom stereocenters. The Morgan fingerprint density at radius 2 is 1.94 bits per heavy atom. The zero-order chi connectivity index (χ0) is 11.7. The Kier molecular flexibility index (Phi) is 3.33. The molecule has 0 spiro atoms. The molecule has 0 amide bonds. The molecule has 88 valence electrons. The lowest BCUT2D eigenvalue weighted by Crippen LogP contribution is -2.22. The number of rotatable bonds is 2. The summed E-state index contributed by atoms with van der Waals surface area (Å²) in [7, 11) is 0. The molecule has 0 radical (unpaired) electrons. The Morgan fingerprint density at radius 1 is 1.31 bits per heavy atom. The van der Waals surface area contributed by atoms with Crippen LogP contribution in [-0.4, -0.2) is 23.1 Å². The molecule has 16 heavy (non-hydrogen) atoms. The molecule has 3 nitrogen and oxygen atoms in total. The van der Waals surface area contributed by atoms with E-state index in [-0.39, 0.29) is 0 Å². The largest absolute Gasteiger partial charge is 0.356 e. The van der Waals surface area contributed by atoms with E-state index in [9.17, 15) is 0 Å². The summed E-state index contributed by atoms with van der Waals surface area (Å²) in [5.74, 6) is 2.47. The van der Waals surface area contributed by atoms with Gasteiger partial charge in [0.1, 0.15) is 17.3 Å². The van der Waals surface area contributed by atoms with E-state index in [1.807, 2.05) is 0 Å². The third-order valence-electron chi connectivity index (χ3n) is 3.51. The Bertz CT molecular complexity index is 371. The van der Waals surface area contributed by atoms with Crippen LogP contribution >= 0.6 is 11.6 Å². The van der Waals surface area contributed by atoms with Gasteiger partial charge >= 0.3 is 0 Å². The number of anilines is 1. The predicted octanol–water partition coefficient (Wildman–Crippen LogP) is 2.78. The summed E-state index contributed by atoms with van der Waals surface area (Å²) in [4.78, 5) is 10.8. The van der Waals surface area contributed by atoms with Crippen LogP contribution in [0, 0.1) is 11.8 Å². The van der Waals surface area contributed by atoms with Crippen molar-refractivity contribution in [1.29, 1.82) is 0 Å². The van der Waals surface area contributed by atoms with Crippen molar-refractivity contribution in [3.8, 4) is 0 Å². The smallest absolute Gasteiger partial charge is 0.137 e. The van der Waals surface area contributed by atoms with Crippen molar-refractivity contribution in [3.63, 3.8) is 0 Å². The zero-order valence-electron chi connectivity index (χ0n) is 10.1. The van der Waals surface area contributed by atoms with Crippen molar-refractivity contribution in [2.24, 2.45) is 11.8 Å². The SMILES string of the molecule is CCc1c(Cl)ncnc1N1CC(C)C(C)C1. The van der Waals surface area contributed by atoms with Crippen LogP contribution in [0.3, 0.4) is 0 Å². The van der Waals surface area contributed by atoms with E-state index < -0.39 is 0 Å². The molecule has 2 rings (SSSR count). The molecule has 1 aliphatic rings. The number of halogens is 1. The fourth-order valence-electron chi connectivity index (χ4n) is 2.26. The highest BCUT2D eigenvalue weighted by atomic mass is 35.5. The Hall–Kier alpha value is -0.830. The fraction of sp³-hybridized carbons (Fsp3) is 0.667. The lowest BCUT2D eigenvalue weighted by molar-refractivity contribution is 0.494. The van der Waals surface area contributed by atoms with Crippen LogP contribution < -0.4 is 4.90 Å². The highest BCUT2D eigenvalue weighted by Crippen LogP contribution is 2.30. The van der Waals surface area contributed by atoms with Gasteiger partial charge in [-0.3, -0.25) is 0 Å². The predicted molar refractivity (Wildman–Crippen MR) is 67.0 cm³/mol. The van der Waals surface area contributed by atoms with Crippen LogP contribution in [0.15, 0.2) is 6.33 Å². The van der Waals surface area contributed by atoms with Crippen LogP contribution in [0.25, 0.3) is 0 Å². The maximum atomic E-state index is 6.10. The second-order valence-electron chi connectivity index (χ2n) is 4.68. The van der Waals surface area contributed by atoms with Crippen LogP contribution in [0.4, 0.5) is 5.82 Å². The molecule has 0 aliphatic carbocycles. The van der Waals surface area contributed by atoms with Gasteiger partial charge in [-0.1, -0.05) is 32.4 Å². The fourth-order valence-corrected chi connectivity index (χ4v) is 2.52. The first-order valence-corrected chi connectivity index (χ1v) is 6.25. The van der Waals surface area contributed by atoms with Crippen LogP contribution in [-0.2, 0) is 6.42 Å². The van der Waals surface area contributed by atoms with Crippen LogP contribution in [0.1, 0.15) is 26.3 Å². The average molecular weight is 240 g/mol. The first kappa shape index (κ1) is 11.6. The minimum absolute atomic E-state index is 0.597. The average Bonchev–Trinajstić information content (AvgIpc) is 2.59. The molecular weight excluding hydrogens is 222 g/mol. The highest BCUT2D eigenvalue weighted by Gasteiger charge is 2.28. The van der Waals surface area contributed by atoms with Gasteiger partial charge in [0.05, 0.1) is 0 Å².